The predicted octanol–water partition coefficient (Wildman–Crippen LogP) is 10.2. The second kappa shape index (κ2) is 11.8. The molecule has 0 bridgehead atoms. The molecule has 0 spiro atoms. The second-order valence-corrected chi connectivity index (χ2v) is 19.6. The van der Waals surface area contributed by atoms with Gasteiger partial charge in [0.05, 0.1) is 11.0 Å². The van der Waals surface area contributed by atoms with E-state index in [9.17, 15) is 24.6 Å². The van der Waals surface area contributed by atoms with E-state index in [-0.39, 0.29) is 33.3 Å². The molecule has 9 atom stereocenters. The summed E-state index contributed by atoms with van der Waals surface area (Å²) >= 11 is 1.27. The summed E-state index contributed by atoms with van der Waals surface area (Å²) < 4.78 is 0. The van der Waals surface area contributed by atoms with Crippen molar-refractivity contribution in [2.24, 2.45) is 62.6 Å². The van der Waals surface area contributed by atoms with Crippen LogP contribution >= 0.6 is 11.3 Å². The highest BCUT2D eigenvalue weighted by Gasteiger charge is 2.71. The Kier molecular flexibility index (Phi) is 8.33. The fourth-order valence-electron chi connectivity index (χ4n) is 13.5. The molecule has 2 aromatic rings. The third-order valence-electron chi connectivity index (χ3n) is 16.0. The van der Waals surface area contributed by atoms with Crippen LogP contribution in [0.25, 0.3) is 5.57 Å². The van der Waals surface area contributed by atoms with Gasteiger partial charge in [0, 0.05) is 4.88 Å². The van der Waals surface area contributed by atoms with Crippen LogP contribution in [0.1, 0.15) is 138 Å². The molecule has 270 valence electrons. The van der Waals surface area contributed by atoms with Crippen molar-refractivity contribution in [3.05, 3.63) is 52.0 Å². The molecular weight excluding hydrogens is 645 g/mol. The lowest BCUT2D eigenvalue weighted by atomic mass is 9.32. The number of allylic oxidation sites excluding steroid dienone is 2. The first kappa shape index (κ1) is 35.4. The number of carbonyl (C=O) groups is 3. The molecule has 5 aliphatic carbocycles. The number of hydrogen-bond acceptors (Lipinski definition) is 5. The third kappa shape index (κ3) is 4.85. The Bertz CT molecular complexity index is 1760. The molecular formula is C42H56N2O5S. The SMILES string of the molecule is Cc1sc(NC(=O)[C@]23CC[C@@H](C(C)C)[C@@H]2[C@H]2CC[C@@H]4[C@@]5(C)CC=C(c6ccc(C(=O)O)cc6)C(C)(C)[C@@H]5CC[C@@]4(C)[C@]2(C)CC3)nc1C(=O)O. The molecule has 1 aromatic carbocycles. The maximum absolute atomic E-state index is 14.6. The number of nitrogens with one attached hydrogen (secondary N) is 1. The van der Waals surface area contributed by atoms with Crippen LogP contribution in [0.5, 0.6) is 0 Å². The van der Waals surface area contributed by atoms with Crippen LogP contribution in [0.4, 0.5) is 5.13 Å². The van der Waals surface area contributed by atoms with E-state index in [1.165, 1.54) is 36.2 Å². The fourth-order valence-corrected chi connectivity index (χ4v) is 14.3. The minimum absolute atomic E-state index is 0.0290. The molecule has 7 rings (SSSR count). The molecule has 1 amide bonds. The Morgan fingerprint density at radius 3 is 2.18 bits per heavy atom. The molecule has 4 fully saturated rings. The monoisotopic (exact) mass is 700 g/mol. The summed E-state index contributed by atoms with van der Waals surface area (Å²) in [6, 6.07) is 7.47. The highest BCUT2D eigenvalue weighted by Crippen LogP contribution is 2.77. The molecule has 0 saturated heterocycles. The molecule has 1 heterocycles. The maximum Gasteiger partial charge on any atom is 0.355 e. The van der Waals surface area contributed by atoms with E-state index >= 15 is 0 Å². The lowest BCUT2D eigenvalue weighted by molar-refractivity contribution is -0.226. The van der Waals surface area contributed by atoms with E-state index in [1.807, 2.05) is 12.1 Å². The molecule has 1 aromatic heterocycles. The van der Waals surface area contributed by atoms with Gasteiger partial charge < -0.3 is 15.5 Å². The van der Waals surface area contributed by atoms with E-state index in [4.69, 9.17) is 0 Å². The lowest BCUT2D eigenvalue weighted by Crippen LogP contribution is -2.66. The predicted molar refractivity (Wildman–Crippen MR) is 198 cm³/mol. The van der Waals surface area contributed by atoms with Gasteiger partial charge in [0.1, 0.15) is 0 Å². The maximum atomic E-state index is 14.6. The van der Waals surface area contributed by atoms with Crippen LogP contribution in [-0.4, -0.2) is 33.0 Å². The number of carboxylic acid groups (broad SMARTS) is 2. The Morgan fingerprint density at radius 2 is 1.56 bits per heavy atom. The van der Waals surface area contributed by atoms with Crippen LogP contribution in [0.3, 0.4) is 0 Å². The molecule has 0 unspecified atom stereocenters. The van der Waals surface area contributed by atoms with Gasteiger partial charge in [0.25, 0.3) is 0 Å². The normalized spacial score (nSPS) is 38.7. The number of aromatic nitrogens is 1. The second-order valence-electron chi connectivity index (χ2n) is 18.4. The summed E-state index contributed by atoms with van der Waals surface area (Å²) in [5.41, 5.74) is 2.78. The minimum Gasteiger partial charge on any atom is -0.478 e. The number of thiazole rings is 1. The molecule has 4 saturated carbocycles. The van der Waals surface area contributed by atoms with Gasteiger partial charge >= 0.3 is 11.9 Å². The van der Waals surface area contributed by atoms with Crippen molar-refractivity contribution in [3.8, 4) is 0 Å². The number of fused-ring (bicyclic) bond motifs is 7. The Balaban J connectivity index is 1.21. The van der Waals surface area contributed by atoms with E-state index in [0.29, 0.717) is 51.1 Å². The largest absolute Gasteiger partial charge is 0.478 e. The summed E-state index contributed by atoms with van der Waals surface area (Å²) in [5, 5.41) is 22.7. The zero-order valence-electron chi connectivity index (χ0n) is 31.2. The molecule has 3 N–H and O–H groups in total. The average Bonchev–Trinajstić information content (AvgIpc) is 3.62. The van der Waals surface area contributed by atoms with Crippen molar-refractivity contribution < 1.29 is 24.6 Å². The quantitative estimate of drug-likeness (QED) is 0.276. The number of aromatic carboxylic acids is 2. The number of nitrogens with zero attached hydrogens (tertiary/aromatic N) is 1. The van der Waals surface area contributed by atoms with Gasteiger partial charge in [-0.1, -0.05) is 66.7 Å². The number of hydrogen-bond donors (Lipinski definition) is 3. The molecule has 0 radical (unpaired) electrons. The van der Waals surface area contributed by atoms with Gasteiger partial charge in [0.2, 0.25) is 5.91 Å². The van der Waals surface area contributed by atoms with Crippen molar-refractivity contribution >= 4 is 39.9 Å². The first-order valence-electron chi connectivity index (χ1n) is 19.0. The van der Waals surface area contributed by atoms with Crippen LogP contribution in [0, 0.1) is 69.5 Å². The zero-order valence-corrected chi connectivity index (χ0v) is 32.0. The number of aryl methyl sites for hydroxylation is 1. The van der Waals surface area contributed by atoms with Crippen molar-refractivity contribution in [1.82, 2.24) is 4.98 Å². The average molecular weight is 701 g/mol. The van der Waals surface area contributed by atoms with Crippen molar-refractivity contribution in [3.63, 3.8) is 0 Å². The number of carboxylic acids is 2. The smallest absolute Gasteiger partial charge is 0.355 e. The highest BCUT2D eigenvalue weighted by molar-refractivity contribution is 7.16. The standard InChI is InChI=1S/C42H56N2O5S/c1-23(2)27-15-20-42(36(49)44-37-43-33(35(47)48)24(3)50-37)22-21-40(7)29(32(27)42)13-14-31-39(6)18-16-28(25-9-11-26(12-10-25)34(45)46)38(4,5)30(39)17-19-41(31,40)8/h9-12,16,23,27,29-32H,13-15,17-22H2,1-8H3,(H,45,46)(H,47,48)(H,43,44,49)/t27-,29+,30-,31+,32+,39-,40+,41+,42-/m0/s1. The first-order valence-corrected chi connectivity index (χ1v) is 19.8. The van der Waals surface area contributed by atoms with Crippen molar-refractivity contribution in [1.29, 1.82) is 0 Å². The highest BCUT2D eigenvalue weighted by atomic mass is 32.1. The number of rotatable bonds is 6. The molecule has 7 nitrogen and oxygen atoms in total. The van der Waals surface area contributed by atoms with E-state index in [2.05, 4.69) is 64.8 Å². The molecule has 50 heavy (non-hydrogen) atoms. The van der Waals surface area contributed by atoms with Gasteiger partial charge in [-0.25, -0.2) is 14.6 Å². The summed E-state index contributed by atoms with van der Waals surface area (Å²) in [6.07, 6.45) is 12.1. The van der Waals surface area contributed by atoms with Gasteiger partial charge in [-0.05, 0) is 145 Å². The van der Waals surface area contributed by atoms with Crippen molar-refractivity contribution in [2.75, 3.05) is 5.32 Å². The van der Waals surface area contributed by atoms with Gasteiger partial charge in [-0.15, -0.1) is 11.3 Å². The summed E-state index contributed by atoms with van der Waals surface area (Å²) in [6.45, 7) is 19.1. The minimum atomic E-state index is -1.06. The number of amides is 1. The third-order valence-corrected chi connectivity index (χ3v) is 16.9. The van der Waals surface area contributed by atoms with Gasteiger partial charge in [-0.3, -0.25) is 4.79 Å². The summed E-state index contributed by atoms with van der Waals surface area (Å²) in [5.74, 6) is 0.945. The molecule has 8 heteroatoms. The topological polar surface area (TPSA) is 117 Å². The van der Waals surface area contributed by atoms with E-state index in [0.717, 1.165) is 44.1 Å². The van der Waals surface area contributed by atoms with Crippen molar-refractivity contribution in [2.45, 2.75) is 113 Å². The van der Waals surface area contributed by atoms with Crippen LogP contribution in [0.2, 0.25) is 0 Å². The zero-order chi connectivity index (χ0) is 36.2. The number of carbonyl (C=O) groups excluding carboxylic acids is 1. The Labute approximate surface area is 301 Å². The summed E-state index contributed by atoms with van der Waals surface area (Å²) in [4.78, 5) is 42.8. The van der Waals surface area contributed by atoms with Gasteiger partial charge in [-0.2, -0.15) is 0 Å². The summed E-state index contributed by atoms with van der Waals surface area (Å²) in [7, 11) is 0. The van der Waals surface area contributed by atoms with E-state index in [1.54, 1.807) is 19.1 Å². The van der Waals surface area contributed by atoms with E-state index < -0.39 is 17.4 Å². The Morgan fingerprint density at radius 1 is 0.860 bits per heavy atom. The number of benzene rings is 1. The fraction of sp³-hybridized carbons (Fsp3) is 0.667. The van der Waals surface area contributed by atoms with Gasteiger partial charge in [0.15, 0.2) is 10.8 Å². The van der Waals surface area contributed by atoms with Crippen LogP contribution in [0.15, 0.2) is 30.3 Å². The van der Waals surface area contributed by atoms with Crippen LogP contribution < -0.4 is 5.32 Å². The number of anilines is 1. The molecule has 0 aliphatic heterocycles. The van der Waals surface area contributed by atoms with Crippen LogP contribution in [-0.2, 0) is 4.79 Å². The molecule has 5 aliphatic rings. The lowest BCUT2D eigenvalue weighted by Gasteiger charge is -2.72. The first-order chi connectivity index (χ1) is 23.4. The Hall–Kier alpha value is -3.00.